The number of rotatable bonds is 4. The quantitative estimate of drug-likeness (QED) is 0.710. The number of oxime groups is 1. The fourth-order valence-corrected chi connectivity index (χ4v) is 2.91. The highest BCUT2D eigenvalue weighted by Crippen LogP contribution is 2.35. The summed E-state index contributed by atoms with van der Waals surface area (Å²) in [6, 6.07) is 3.72. The first-order valence-electron chi connectivity index (χ1n) is 7.18. The molecule has 0 aliphatic carbocycles. The molecule has 0 spiro atoms. The monoisotopic (exact) mass is 390 g/mol. The van der Waals surface area contributed by atoms with Gasteiger partial charge in [0.1, 0.15) is 17.7 Å². The highest BCUT2D eigenvalue weighted by molar-refractivity contribution is 6.35. The first kappa shape index (κ1) is 17.8. The van der Waals surface area contributed by atoms with Gasteiger partial charge in [-0.25, -0.2) is 4.39 Å². The Morgan fingerprint density at radius 3 is 2.56 bits per heavy atom. The highest BCUT2D eigenvalue weighted by Gasteiger charge is 2.23. The first-order valence-corrected chi connectivity index (χ1v) is 7.93. The second kappa shape index (κ2) is 7.09. The van der Waals surface area contributed by atoms with Crippen LogP contribution in [0.5, 0.6) is 5.75 Å². The fraction of sp³-hybridized carbons (Fsp3) is 0.250. The minimum atomic E-state index is -3.01. The van der Waals surface area contributed by atoms with Crippen molar-refractivity contribution in [2.24, 2.45) is 5.16 Å². The molecule has 2 heterocycles. The number of aromatic nitrogens is 1. The number of nitrogens with zero attached hydrogens (tertiary/aromatic N) is 2. The minimum Gasteiger partial charge on any atom is -0.433 e. The van der Waals surface area contributed by atoms with Crippen LogP contribution in [0.4, 0.5) is 13.2 Å². The normalized spacial score (nSPS) is 16.8. The van der Waals surface area contributed by atoms with E-state index in [-0.39, 0.29) is 33.2 Å². The Bertz CT molecular complexity index is 846. The molecule has 25 heavy (non-hydrogen) atoms. The molecule has 1 aliphatic heterocycles. The van der Waals surface area contributed by atoms with Gasteiger partial charge in [-0.3, -0.25) is 4.98 Å². The van der Waals surface area contributed by atoms with E-state index in [4.69, 9.17) is 28.0 Å². The van der Waals surface area contributed by atoms with E-state index in [0.29, 0.717) is 17.7 Å². The van der Waals surface area contributed by atoms with Crippen molar-refractivity contribution in [3.8, 4) is 17.0 Å². The maximum atomic E-state index is 14.4. The largest absolute Gasteiger partial charge is 0.433 e. The minimum absolute atomic E-state index is 0.0386. The summed E-state index contributed by atoms with van der Waals surface area (Å²) in [4.78, 5) is 9.06. The maximum absolute atomic E-state index is 14.4. The highest BCUT2D eigenvalue weighted by atomic mass is 35.5. The molecule has 0 radical (unpaired) electrons. The van der Waals surface area contributed by atoms with Gasteiger partial charge in [0.05, 0.1) is 27.6 Å². The zero-order chi connectivity index (χ0) is 18.1. The molecule has 0 N–H and O–H groups in total. The summed E-state index contributed by atoms with van der Waals surface area (Å²) >= 11 is 12.2. The molecule has 132 valence electrons. The van der Waals surface area contributed by atoms with E-state index in [1.54, 1.807) is 0 Å². The number of hydrogen-bond acceptors (Lipinski definition) is 4. The van der Waals surface area contributed by atoms with Gasteiger partial charge in [0.2, 0.25) is 0 Å². The van der Waals surface area contributed by atoms with Crippen molar-refractivity contribution in [1.29, 1.82) is 0 Å². The Morgan fingerprint density at radius 2 is 1.96 bits per heavy atom. The van der Waals surface area contributed by atoms with E-state index in [1.165, 1.54) is 6.07 Å². The Morgan fingerprint density at radius 1 is 1.20 bits per heavy atom. The second-order valence-corrected chi connectivity index (χ2v) is 6.16. The van der Waals surface area contributed by atoms with Gasteiger partial charge < -0.3 is 9.57 Å². The molecule has 1 aliphatic rings. The van der Waals surface area contributed by atoms with Gasteiger partial charge in [0.15, 0.2) is 0 Å². The fourth-order valence-electron chi connectivity index (χ4n) is 2.40. The summed E-state index contributed by atoms with van der Waals surface area (Å²) in [5, 5.41) is 4.07. The van der Waals surface area contributed by atoms with Crippen molar-refractivity contribution in [3.05, 3.63) is 45.8 Å². The third kappa shape index (κ3) is 3.82. The lowest BCUT2D eigenvalue weighted by Crippen LogP contribution is -2.05. The molecule has 1 unspecified atom stereocenters. The molecular formula is C16H11Cl2F3N2O2. The van der Waals surface area contributed by atoms with Gasteiger partial charge in [-0.05, 0) is 19.1 Å². The molecule has 1 atom stereocenters. The van der Waals surface area contributed by atoms with E-state index >= 15 is 0 Å². The Labute approximate surface area is 151 Å². The Balaban J connectivity index is 2.02. The van der Waals surface area contributed by atoms with Crippen molar-refractivity contribution >= 4 is 28.9 Å². The molecule has 0 amide bonds. The molecule has 9 heteroatoms. The number of ether oxygens (including phenoxy) is 1. The number of halogens is 5. The van der Waals surface area contributed by atoms with Gasteiger partial charge >= 0.3 is 6.61 Å². The predicted octanol–water partition coefficient (Wildman–Crippen LogP) is 5.31. The summed E-state index contributed by atoms with van der Waals surface area (Å²) in [5.74, 6) is -0.876. The van der Waals surface area contributed by atoms with Crippen LogP contribution in [0.25, 0.3) is 11.3 Å². The topological polar surface area (TPSA) is 43.7 Å². The first-order chi connectivity index (χ1) is 11.8. The number of hydrogen-bond donors (Lipinski definition) is 0. The third-order valence-electron chi connectivity index (χ3n) is 3.49. The second-order valence-electron chi connectivity index (χ2n) is 5.35. The average molecular weight is 391 g/mol. The van der Waals surface area contributed by atoms with Crippen LogP contribution in [-0.4, -0.2) is 23.4 Å². The van der Waals surface area contributed by atoms with E-state index in [2.05, 4.69) is 14.9 Å². The zero-order valence-electron chi connectivity index (χ0n) is 12.8. The summed E-state index contributed by atoms with van der Waals surface area (Å²) in [6.45, 7) is -1.17. The van der Waals surface area contributed by atoms with Crippen molar-refractivity contribution in [3.63, 3.8) is 0 Å². The van der Waals surface area contributed by atoms with Crippen molar-refractivity contribution < 1.29 is 22.7 Å². The van der Waals surface area contributed by atoms with Gasteiger partial charge in [-0.2, -0.15) is 8.78 Å². The Hall–Kier alpha value is -1.99. The van der Waals surface area contributed by atoms with Gasteiger partial charge in [-0.15, -0.1) is 0 Å². The van der Waals surface area contributed by atoms with Gasteiger partial charge in [-0.1, -0.05) is 28.4 Å². The van der Waals surface area contributed by atoms with Crippen molar-refractivity contribution in [2.45, 2.75) is 26.1 Å². The van der Waals surface area contributed by atoms with Crippen LogP contribution < -0.4 is 4.74 Å². The molecule has 0 saturated heterocycles. The lowest BCUT2D eigenvalue weighted by Gasteiger charge is -2.11. The summed E-state index contributed by atoms with van der Waals surface area (Å²) in [7, 11) is 0. The van der Waals surface area contributed by atoms with Gasteiger partial charge in [0.25, 0.3) is 0 Å². The molecule has 0 bridgehead atoms. The van der Waals surface area contributed by atoms with E-state index in [9.17, 15) is 13.2 Å². The number of benzene rings is 1. The maximum Gasteiger partial charge on any atom is 0.387 e. The standard InChI is InChI=1S/C16H11Cl2F3N2O2/c1-7-2-14(23-25-7)9-4-10(13(19)5-11(9)17)15-12(18)3-8(6-22-15)24-16(20)21/h3-7,16H,2H2,1H3. The molecule has 0 fully saturated rings. The average Bonchev–Trinajstić information content (AvgIpc) is 2.94. The summed E-state index contributed by atoms with van der Waals surface area (Å²) in [5.41, 5.74) is 1.21. The van der Waals surface area contributed by atoms with Crippen LogP contribution in [0, 0.1) is 5.82 Å². The van der Waals surface area contributed by atoms with Crippen LogP contribution in [0.2, 0.25) is 10.0 Å². The molecule has 0 saturated carbocycles. The van der Waals surface area contributed by atoms with Crippen molar-refractivity contribution in [1.82, 2.24) is 4.98 Å². The number of pyridine rings is 1. The smallest absolute Gasteiger partial charge is 0.387 e. The van der Waals surface area contributed by atoms with E-state index in [1.807, 2.05) is 6.92 Å². The van der Waals surface area contributed by atoms with E-state index in [0.717, 1.165) is 18.3 Å². The molecule has 1 aromatic carbocycles. The van der Waals surface area contributed by atoms with Crippen LogP contribution in [0.3, 0.4) is 0 Å². The van der Waals surface area contributed by atoms with Gasteiger partial charge in [0, 0.05) is 23.6 Å². The molecule has 1 aromatic heterocycles. The summed E-state index contributed by atoms with van der Waals surface area (Å²) < 4.78 is 43.1. The summed E-state index contributed by atoms with van der Waals surface area (Å²) in [6.07, 6.45) is 1.46. The van der Waals surface area contributed by atoms with Crippen LogP contribution >= 0.6 is 23.2 Å². The molecule has 3 rings (SSSR count). The van der Waals surface area contributed by atoms with E-state index < -0.39 is 12.4 Å². The zero-order valence-corrected chi connectivity index (χ0v) is 14.3. The molecule has 2 aromatic rings. The van der Waals surface area contributed by atoms with Crippen molar-refractivity contribution in [2.75, 3.05) is 0 Å². The lowest BCUT2D eigenvalue weighted by atomic mass is 10.0. The predicted molar refractivity (Wildman–Crippen MR) is 88.0 cm³/mol. The third-order valence-corrected chi connectivity index (χ3v) is 4.09. The Kier molecular flexibility index (Phi) is 5.06. The SMILES string of the molecule is CC1CC(c2cc(-c3ncc(OC(F)F)cc3Cl)c(F)cc2Cl)=NO1. The number of alkyl halides is 2. The van der Waals surface area contributed by atoms with Crippen LogP contribution in [-0.2, 0) is 4.84 Å². The molecule has 4 nitrogen and oxygen atoms in total. The molecular weight excluding hydrogens is 380 g/mol. The van der Waals surface area contributed by atoms with Crippen LogP contribution in [0.1, 0.15) is 18.9 Å². The lowest BCUT2D eigenvalue weighted by molar-refractivity contribution is -0.0500. The van der Waals surface area contributed by atoms with Crippen LogP contribution in [0.15, 0.2) is 29.6 Å².